The summed E-state index contributed by atoms with van der Waals surface area (Å²) in [6.45, 7) is 7.22. The number of carbonyl (C=O) groups excluding carboxylic acids is 1. The zero-order valence-electron chi connectivity index (χ0n) is 12.2. The van der Waals surface area contributed by atoms with Gasteiger partial charge in [0.2, 0.25) is 0 Å². The molecule has 0 aliphatic carbocycles. The first-order chi connectivity index (χ1) is 9.35. The largest absolute Gasteiger partial charge is 0.444 e. The normalized spacial score (nSPS) is 15.3. The van der Waals surface area contributed by atoms with Crippen molar-refractivity contribution in [2.45, 2.75) is 39.2 Å². The molecule has 20 heavy (non-hydrogen) atoms. The summed E-state index contributed by atoms with van der Waals surface area (Å²) in [6.07, 6.45) is 1.66. The smallest absolute Gasteiger partial charge is 0.412 e. The number of hydrogen-bond acceptors (Lipinski definition) is 3. The van der Waals surface area contributed by atoms with Gasteiger partial charge >= 0.3 is 6.09 Å². The van der Waals surface area contributed by atoms with Crippen LogP contribution in [0, 0.1) is 5.82 Å². The fourth-order valence-electron chi connectivity index (χ4n) is 2.26. The molecule has 1 aromatic carbocycles. The molecule has 2 rings (SSSR count). The highest BCUT2D eigenvalue weighted by Gasteiger charge is 2.20. The Hall–Kier alpha value is -1.78. The van der Waals surface area contributed by atoms with Crippen LogP contribution in [0.4, 0.5) is 20.6 Å². The SMILES string of the molecule is CC(C)(C)OC(=O)Nc1cc(F)ccc1N1CCCC1. The lowest BCUT2D eigenvalue weighted by atomic mass is 10.2. The van der Waals surface area contributed by atoms with Gasteiger partial charge in [-0.15, -0.1) is 0 Å². The Bertz CT molecular complexity index is 491. The Morgan fingerprint density at radius 3 is 2.55 bits per heavy atom. The van der Waals surface area contributed by atoms with Crippen LogP contribution < -0.4 is 10.2 Å². The highest BCUT2D eigenvalue weighted by Crippen LogP contribution is 2.30. The standard InChI is InChI=1S/C15H21FN2O2/c1-15(2,3)20-14(19)17-12-10-11(16)6-7-13(12)18-8-4-5-9-18/h6-7,10H,4-5,8-9H2,1-3H3,(H,17,19). The van der Waals surface area contributed by atoms with E-state index in [-0.39, 0.29) is 5.82 Å². The molecule has 1 fully saturated rings. The average Bonchev–Trinajstić information content (AvgIpc) is 2.79. The molecule has 1 N–H and O–H groups in total. The van der Waals surface area contributed by atoms with Crippen molar-refractivity contribution in [1.82, 2.24) is 0 Å². The fourth-order valence-corrected chi connectivity index (χ4v) is 2.26. The monoisotopic (exact) mass is 280 g/mol. The van der Waals surface area contributed by atoms with E-state index in [0.717, 1.165) is 31.6 Å². The molecule has 4 nitrogen and oxygen atoms in total. The van der Waals surface area contributed by atoms with Crippen LogP contribution in [0.5, 0.6) is 0 Å². The van der Waals surface area contributed by atoms with E-state index in [1.165, 1.54) is 12.1 Å². The van der Waals surface area contributed by atoms with Gasteiger partial charge in [-0.2, -0.15) is 0 Å². The summed E-state index contributed by atoms with van der Waals surface area (Å²) in [5.74, 6) is -0.376. The van der Waals surface area contributed by atoms with Gasteiger partial charge in [0, 0.05) is 13.1 Å². The van der Waals surface area contributed by atoms with E-state index in [1.54, 1.807) is 26.8 Å². The zero-order chi connectivity index (χ0) is 14.8. The number of ether oxygens (including phenoxy) is 1. The lowest BCUT2D eigenvalue weighted by Crippen LogP contribution is -2.28. The van der Waals surface area contributed by atoms with Crippen LogP contribution in [-0.2, 0) is 4.74 Å². The quantitative estimate of drug-likeness (QED) is 0.896. The third kappa shape index (κ3) is 3.85. The van der Waals surface area contributed by atoms with Gasteiger partial charge in [0.15, 0.2) is 0 Å². The van der Waals surface area contributed by atoms with Crippen molar-refractivity contribution in [3.05, 3.63) is 24.0 Å². The highest BCUT2D eigenvalue weighted by molar-refractivity contribution is 5.90. The molecule has 5 heteroatoms. The number of benzene rings is 1. The van der Waals surface area contributed by atoms with Gasteiger partial charge in [-0.05, 0) is 51.8 Å². The van der Waals surface area contributed by atoms with Crippen molar-refractivity contribution < 1.29 is 13.9 Å². The summed E-state index contributed by atoms with van der Waals surface area (Å²) in [6, 6.07) is 4.44. The summed E-state index contributed by atoms with van der Waals surface area (Å²) >= 11 is 0. The summed E-state index contributed by atoms with van der Waals surface area (Å²) in [7, 11) is 0. The number of nitrogens with one attached hydrogen (secondary N) is 1. The number of rotatable bonds is 2. The molecule has 0 bridgehead atoms. The van der Waals surface area contributed by atoms with Crippen LogP contribution in [0.15, 0.2) is 18.2 Å². The second-order valence-electron chi connectivity index (χ2n) is 5.98. The van der Waals surface area contributed by atoms with Crippen molar-refractivity contribution in [3.63, 3.8) is 0 Å². The van der Waals surface area contributed by atoms with Gasteiger partial charge in [0.1, 0.15) is 11.4 Å². The van der Waals surface area contributed by atoms with Crippen molar-refractivity contribution >= 4 is 17.5 Å². The Labute approximate surface area is 118 Å². The Balaban J connectivity index is 2.17. The minimum absolute atomic E-state index is 0.376. The van der Waals surface area contributed by atoms with Gasteiger partial charge < -0.3 is 9.64 Å². The minimum atomic E-state index is -0.578. The van der Waals surface area contributed by atoms with Crippen LogP contribution >= 0.6 is 0 Å². The van der Waals surface area contributed by atoms with Gasteiger partial charge in [0.05, 0.1) is 11.4 Å². The number of carbonyl (C=O) groups is 1. The number of amides is 1. The van der Waals surface area contributed by atoms with Gasteiger partial charge in [-0.1, -0.05) is 0 Å². The van der Waals surface area contributed by atoms with Gasteiger partial charge in [0.25, 0.3) is 0 Å². The lowest BCUT2D eigenvalue weighted by Gasteiger charge is -2.23. The molecule has 1 amide bonds. The third-order valence-electron chi connectivity index (χ3n) is 3.04. The van der Waals surface area contributed by atoms with Gasteiger partial charge in [-0.25, -0.2) is 9.18 Å². The highest BCUT2D eigenvalue weighted by atomic mass is 19.1. The first-order valence-corrected chi connectivity index (χ1v) is 6.90. The fraction of sp³-hybridized carbons (Fsp3) is 0.533. The molecule has 110 valence electrons. The van der Waals surface area contributed by atoms with Crippen LogP contribution in [0.3, 0.4) is 0 Å². The Morgan fingerprint density at radius 1 is 1.30 bits per heavy atom. The van der Waals surface area contributed by atoms with E-state index >= 15 is 0 Å². The van der Waals surface area contributed by atoms with E-state index in [0.29, 0.717) is 5.69 Å². The van der Waals surface area contributed by atoms with Crippen LogP contribution in [0.1, 0.15) is 33.6 Å². The van der Waals surface area contributed by atoms with E-state index < -0.39 is 11.7 Å². The predicted molar refractivity (Wildman–Crippen MR) is 77.7 cm³/mol. The first kappa shape index (κ1) is 14.6. The molecule has 0 radical (unpaired) electrons. The number of hydrogen-bond donors (Lipinski definition) is 1. The predicted octanol–water partition coefficient (Wildman–Crippen LogP) is 3.77. The molecule has 1 aromatic rings. The summed E-state index contributed by atoms with van der Waals surface area (Å²) in [4.78, 5) is 14.0. The summed E-state index contributed by atoms with van der Waals surface area (Å²) in [5.41, 5.74) is 0.724. The van der Waals surface area contributed by atoms with Crippen molar-refractivity contribution in [2.24, 2.45) is 0 Å². The molecule has 0 spiro atoms. The van der Waals surface area contributed by atoms with E-state index in [9.17, 15) is 9.18 Å². The minimum Gasteiger partial charge on any atom is -0.444 e. The number of halogens is 1. The van der Waals surface area contributed by atoms with Crippen molar-refractivity contribution in [2.75, 3.05) is 23.3 Å². The second kappa shape index (κ2) is 5.69. The lowest BCUT2D eigenvalue weighted by molar-refractivity contribution is 0.0636. The summed E-state index contributed by atoms with van der Waals surface area (Å²) in [5, 5.41) is 2.64. The summed E-state index contributed by atoms with van der Waals surface area (Å²) < 4.78 is 18.6. The molecule has 0 saturated carbocycles. The maximum Gasteiger partial charge on any atom is 0.412 e. The Kier molecular flexibility index (Phi) is 4.16. The van der Waals surface area contributed by atoms with E-state index in [1.807, 2.05) is 0 Å². The van der Waals surface area contributed by atoms with Crippen molar-refractivity contribution in [1.29, 1.82) is 0 Å². The zero-order valence-corrected chi connectivity index (χ0v) is 12.2. The molecule has 1 heterocycles. The van der Waals surface area contributed by atoms with E-state index in [4.69, 9.17) is 4.74 Å². The maximum absolute atomic E-state index is 13.4. The molecular weight excluding hydrogens is 259 g/mol. The van der Waals surface area contributed by atoms with Crippen LogP contribution in [0.25, 0.3) is 0 Å². The maximum atomic E-state index is 13.4. The van der Waals surface area contributed by atoms with E-state index in [2.05, 4.69) is 10.2 Å². The molecule has 1 aliphatic rings. The van der Waals surface area contributed by atoms with Gasteiger partial charge in [-0.3, -0.25) is 5.32 Å². The number of anilines is 2. The van der Waals surface area contributed by atoms with Crippen LogP contribution in [0.2, 0.25) is 0 Å². The molecule has 0 unspecified atom stereocenters. The molecule has 0 atom stereocenters. The molecule has 1 saturated heterocycles. The molecule has 1 aliphatic heterocycles. The Morgan fingerprint density at radius 2 is 1.95 bits per heavy atom. The first-order valence-electron chi connectivity index (χ1n) is 6.90. The number of nitrogens with zero attached hydrogens (tertiary/aromatic N) is 1. The van der Waals surface area contributed by atoms with Crippen LogP contribution in [-0.4, -0.2) is 24.8 Å². The third-order valence-corrected chi connectivity index (χ3v) is 3.04. The second-order valence-corrected chi connectivity index (χ2v) is 5.98. The average molecular weight is 280 g/mol. The topological polar surface area (TPSA) is 41.6 Å². The van der Waals surface area contributed by atoms with Crippen molar-refractivity contribution in [3.8, 4) is 0 Å². The molecular formula is C15H21FN2O2. The molecule has 0 aromatic heterocycles.